The fourth-order valence-corrected chi connectivity index (χ4v) is 1.76. The molecule has 0 aromatic rings. The van der Waals surface area contributed by atoms with Gasteiger partial charge in [-0.1, -0.05) is 20.3 Å². The van der Waals surface area contributed by atoms with Crippen LogP contribution in [0.1, 0.15) is 26.7 Å². The van der Waals surface area contributed by atoms with Crippen LogP contribution >= 0.6 is 0 Å². The smallest absolute Gasteiger partial charge is 0.186 e. The summed E-state index contributed by atoms with van der Waals surface area (Å²) >= 11 is 0. The van der Waals surface area contributed by atoms with Gasteiger partial charge in [-0.25, -0.2) is 0 Å². The Balaban J connectivity index is 2.50. The van der Waals surface area contributed by atoms with Gasteiger partial charge >= 0.3 is 0 Å². The molecule has 5 atom stereocenters. The molecule has 1 fully saturated rings. The molecule has 1 saturated heterocycles. The van der Waals surface area contributed by atoms with Gasteiger partial charge in [0.2, 0.25) is 0 Å². The van der Waals surface area contributed by atoms with Gasteiger partial charge in [-0.05, 0) is 6.42 Å². The van der Waals surface area contributed by atoms with E-state index in [4.69, 9.17) is 14.6 Å². The Labute approximate surface area is 96.0 Å². The molecule has 1 aliphatic rings. The fraction of sp³-hybridized carbons (Fsp3) is 1.00. The Morgan fingerprint density at radius 3 is 2.50 bits per heavy atom. The topological polar surface area (TPSA) is 79.2 Å². The highest BCUT2D eigenvalue weighted by atomic mass is 16.7. The number of rotatable bonds is 5. The van der Waals surface area contributed by atoms with Crippen LogP contribution in [0.25, 0.3) is 0 Å². The molecule has 0 aliphatic carbocycles. The van der Waals surface area contributed by atoms with Crippen LogP contribution in [0.15, 0.2) is 0 Å². The van der Waals surface area contributed by atoms with E-state index in [-0.39, 0.29) is 12.5 Å². The van der Waals surface area contributed by atoms with Gasteiger partial charge in [-0.3, -0.25) is 0 Å². The van der Waals surface area contributed by atoms with Gasteiger partial charge in [-0.2, -0.15) is 0 Å². The van der Waals surface area contributed by atoms with Gasteiger partial charge in [-0.15, -0.1) is 0 Å². The molecule has 0 amide bonds. The first-order valence-electron chi connectivity index (χ1n) is 5.85. The van der Waals surface area contributed by atoms with Crippen molar-refractivity contribution in [2.24, 2.45) is 5.92 Å². The predicted octanol–water partition coefficient (Wildman–Crippen LogP) is -0.122. The van der Waals surface area contributed by atoms with Gasteiger partial charge < -0.3 is 24.8 Å². The summed E-state index contributed by atoms with van der Waals surface area (Å²) < 4.78 is 10.7. The molecule has 0 aromatic carbocycles. The van der Waals surface area contributed by atoms with Crippen molar-refractivity contribution in [1.29, 1.82) is 0 Å². The number of aliphatic hydroxyl groups excluding tert-OH is 3. The number of ether oxygens (including phenoxy) is 2. The van der Waals surface area contributed by atoms with Crippen molar-refractivity contribution in [2.45, 2.75) is 51.3 Å². The van der Waals surface area contributed by atoms with Crippen LogP contribution in [0, 0.1) is 5.92 Å². The standard InChI is InChI=1S/C11H22O5/c1-3-4-5-15-11-10(14)9(13)7(2)8(6-12)16-11/h7-14H,3-6H2,1-2H3/t7-,8-,9+,10-,11-/m1/s1. The Morgan fingerprint density at radius 2 is 1.94 bits per heavy atom. The number of unbranched alkanes of at least 4 members (excludes halogenated alkanes) is 1. The second-order valence-corrected chi connectivity index (χ2v) is 4.29. The maximum Gasteiger partial charge on any atom is 0.186 e. The number of hydrogen-bond donors (Lipinski definition) is 3. The Hall–Kier alpha value is -0.200. The first kappa shape index (κ1) is 13.9. The van der Waals surface area contributed by atoms with E-state index in [0.717, 1.165) is 12.8 Å². The van der Waals surface area contributed by atoms with Crippen molar-refractivity contribution in [3.05, 3.63) is 0 Å². The Morgan fingerprint density at radius 1 is 1.25 bits per heavy atom. The lowest BCUT2D eigenvalue weighted by Crippen LogP contribution is -2.55. The minimum absolute atomic E-state index is 0.182. The number of hydrogen-bond acceptors (Lipinski definition) is 5. The summed E-state index contributed by atoms with van der Waals surface area (Å²) in [4.78, 5) is 0. The van der Waals surface area contributed by atoms with Crippen LogP contribution in [0.4, 0.5) is 0 Å². The van der Waals surface area contributed by atoms with Crippen molar-refractivity contribution in [3.8, 4) is 0 Å². The molecular formula is C11H22O5. The average Bonchev–Trinajstić information content (AvgIpc) is 2.29. The van der Waals surface area contributed by atoms with Crippen molar-refractivity contribution in [2.75, 3.05) is 13.2 Å². The second kappa shape index (κ2) is 6.51. The van der Waals surface area contributed by atoms with Crippen LogP contribution in [0.3, 0.4) is 0 Å². The monoisotopic (exact) mass is 234 g/mol. The van der Waals surface area contributed by atoms with Crippen LogP contribution in [0.5, 0.6) is 0 Å². The lowest BCUT2D eigenvalue weighted by Gasteiger charge is -2.40. The zero-order valence-electron chi connectivity index (χ0n) is 9.87. The summed E-state index contributed by atoms with van der Waals surface area (Å²) in [5.74, 6) is -0.300. The van der Waals surface area contributed by atoms with Crippen molar-refractivity contribution in [1.82, 2.24) is 0 Å². The molecule has 0 saturated carbocycles. The van der Waals surface area contributed by atoms with Crippen LogP contribution in [-0.4, -0.2) is 53.1 Å². The maximum atomic E-state index is 9.75. The van der Waals surface area contributed by atoms with Crippen LogP contribution in [0.2, 0.25) is 0 Å². The average molecular weight is 234 g/mol. The summed E-state index contributed by atoms with van der Waals surface area (Å²) in [6.07, 6.45) is -1.42. The molecule has 3 N–H and O–H groups in total. The molecule has 5 nitrogen and oxygen atoms in total. The zero-order valence-corrected chi connectivity index (χ0v) is 9.87. The van der Waals surface area contributed by atoms with Gasteiger partial charge in [0, 0.05) is 12.5 Å². The molecule has 0 aromatic heterocycles. The van der Waals surface area contributed by atoms with Gasteiger partial charge in [0.25, 0.3) is 0 Å². The quantitative estimate of drug-likeness (QED) is 0.578. The van der Waals surface area contributed by atoms with E-state index in [9.17, 15) is 10.2 Å². The van der Waals surface area contributed by atoms with Gasteiger partial charge in [0.1, 0.15) is 6.10 Å². The molecule has 16 heavy (non-hydrogen) atoms. The van der Waals surface area contributed by atoms with Crippen molar-refractivity contribution >= 4 is 0 Å². The predicted molar refractivity (Wildman–Crippen MR) is 57.8 cm³/mol. The van der Waals surface area contributed by atoms with Crippen LogP contribution < -0.4 is 0 Å². The molecule has 0 radical (unpaired) electrons. The summed E-state index contributed by atoms with van der Waals surface area (Å²) in [6, 6.07) is 0. The third-order valence-corrected chi connectivity index (χ3v) is 3.02. The maximum absolute atomic E-state index is 9.75. The molecule has 0 bridgehead atoms. The van der Waals surface area contributed by atoms with E-state index >= 15 is 0 Å². The highest BCUT2D eigenvalue weighted by molar-refractivity contribution is 4.86. The third kappa shape index (κ3) is 3.15. The summed E-state index contributed by atoms with van der Waals surface area (Å²) in [6.45, 7) is 4.07. The third-order valence-electron chi connectivity index (χ3n) is 3.02. The Kier molecular flexibility index (Phi) is 5.64. The van der Waals surface area contributed by atoms with E-state index in [1.165, 1.54) is 0 Å². The summed E-state index contributed by atoms with van der Waals surface area (Å²) in [5, 5.41) is 28.6. The molecular weight excluding hydrogens is 212 g/mol. The largest absolute Gasteiger partial charge is 0.394 e. The van der Waals surface area contributed by atoms with E-state index in [1.54, 1.807) is 6.92 Å². The fourth-order valence-electron chi connectivity index (χ4n) is 1.76. The summed E-state index contributed by atoms with van der Waals surface area (Å²) in [7, 11) is 0. The van der Waals surface area contributed by atoms with Gasteiger partial charge in [0.15, 0.2) is 6.29 Å². The van der Waals surface area contributed by atoms with Crippen molar-refractivity contribution < 1.29 is 24.8 Å². The SMILES string of the molecule is CCCCO[C@@H]1O[C@H](CO)[C@@H](C)[C@H](O)[C@H]1O. The van der Waals surface area contributed by atoms with E-state index in [0.29, 0.717) is 6.61 Å². The van der Waals surface area contributed by atoms with Gasteiger partial charge in [0.05, 0.1) is 18.8 Å². The first-order valence-corrected chi connectivity index (χ1v) is 5.85. The molecule has 1 heterocycles. The lowest BCUT2D eigenvalue weighted by molar-refractivity contribution is -0.288. The highest BCUT2D eigenvalue weighted by Gasteiger charge is 2.42. The zero-order chi connectivity index (χ0) is 12.1. The Bertz CT molecular complexity index is 197. The van der Waals surface area contributed by atoms with Crippen molar-refractivity contribution in [3.63, 3.8) is 0 Å². The van der Waals surface area contributed by atoms with E-state index in [2.05, 4.69) is 0 Å². The highest BCUT2D eigenvalue weighted by Crippen LogP contribution is 2.26. The first-order chi connectivity index (χ1) is 7.61. The normalized spacial score (nSPS) is 39.9. The minimum atomic E-state index is -1.05. The molecule has 5 heteroatoms. The van der Waals surface area contributed by atoms with Crippen LogP contribution in [-0.2, 0) is 9.47 Å². The number of aliphatic hydroxyl groups is 3. The van der Waals surface area contributed by atoms with E-state index < -0.39 is 24.6 Å². The molecule has 0 spiro atoms. The minimum Gasteiger partial charge on any atom is -0.394 e. The van der Waals surface area contributed by atoms with E-state index in [1.807, 2.05) is 6.92 Å². The lowest BCUT2D eigenvalue weighted by atomic mass is 9.91. The molecule has 1 rings (SSSR count). The summed E-state index contributed by atoms with van der Waals surface area (Å²) in [5.41, 5.74) is 0. The molecule has 0 unspecified atom stereocenters. The molecule has 96 valence electrons. The molecule has 1 aliphatic heterocycles. The second-order valence-electron chi connectivity index (χ2n) is 4.29.